The Hall–Kier alpha value is -3.89. The van der Waals surface area contributed by atoms with Crippen molar-refractivity contribution in [3.63, 3.8) is 0 Å². The first-order chi connectivity index (χ1) is 11.5. The summed E-state index contributed by atoms with van der Waals surface area (Å²) < 4.78 is 1.26. The molecule has 1 heterocycles. The van der Waals surface area contributed by atoms with E-state index in [0.29, 0.717) is 11.4 Å². The van der Waals surface area contributed by atoms with E-state index < -0.39 is 9.85 Å². The van der Waals surface area contributed by atoms with E-state index in [-0.39, 0.29) is 17.3 Å². The van der Waals surface area contributed by atoms with Crippen molar-refractivity contribution >= 4 is 23.0 Å². The van der Waals surface area contributed by atoms with E-state index in [4.69, 9.17) is 0 Å². The second-order valence-electron chi connectivity index (χ2n) is 4.62. The van der Waals surface area contributed by atoms with Crippen LogP contribution in [0.25, 0.3) is 5.69 Å². The van der Waals surface area contributed by atoms with E-state index in [1.165, 1.54) is 41.1 Å². The number of non-ortho nitro benzene ring substituents is 2. The van der Waals surface area contributed by atoms with E-state index in [2.05, 4.69) is 20.8 Å². The molecule has 0 fully saturated rings. The second kappa shape index (κ2) is 6.08. The molecule has 0 spiro atoms. The third-order valence-corrected chi connectivity index (χ3v) is 3.07. The van der Waals surface area contributed by atoms with Gasteiger partial charge in [-0.3, -0.25) is 20.2 Å². The van der Waals surface area contributed by atoms with Crippen molar-refractivity contribution in [2.45, 2.75) is 0 Å². The van der Waals surface area contributed by atoms with Crippen molar-refractivity contribution < 1.29 is 9.85 Å². The van der Waals surface area contributed by atoms with Crippen LogP contribution in [0.1, 0.15) is 0 Å². The number of anilines is 2. The highest BCUT2D eigenvalue weighted by Gasteiger charge is 2.13. The molecule has 1 N–H and O–H groups in total. The molecule has 1 aromatic heterocycles. The molecule has 0 aliphatic heterocycles. The van der Waals surface area contributed by atoms with Gasteiger partial charge in [0.25, 0.3) is 17.3 Å². The van der Waals surface area contributed by atoms with Gasteiger partial charge in [0.15, 0.2) is 0 Å². The molecule has 0 atom stereocenters. The van der Waals surface area contributed by atoms with E-state index in [1.54, 1.807) is 12.1 Å². The zero-order valence-corrected chi connectivity index (χ0v) is 11.9. The van der Waals surface area contributed by atoms with Gasteiger partial charge >= 0.3 is 0 Å². The molecule has 0 amide bonds. The van der Waals surface area contributed by atoms with Crippen LogP contribution in [0, 0.1) is 20.2 Å². The van der Waals surface area contributed by atoms with Gasteiger partial charge in [-0.15, -0.1) is 0 Å². The van der Waals surface area contributed by atoms with Crippen LogP contribution < -0.4 is 5.32 Å². The third-order valence-electron chi connectivity index (χ3n) is 3.07. The lowest BCUT2D eigenvalue weighted by Crippen LogP contribution is -2.04. The molecule has 0 saturated carbocycles. The fourth-order valence-corrected chi connectivity index (χ4v) is 2.00. The summed E-state index contributed by atoms with van der Waals surface area (Å²) in [5.41, 5.74) is 0.589. The van der Waals surface area contributed by atoms with Crippen LogP contribution >= 0.6 is 0 Å². The molecule has 3 aromatic rings. The van der Waals surface area contributed by atoms with Gasteiger partial charge < -0.3 is 5.32 Å². The summed E-state index contributed by atoms with van der Waals surface area (Å²) >= 11 is 0. The Morgan fingerprint density at radius 1 is 0.958 bits per heavy atom. The summed E-state index contributed by atoms with van der Waals surface area (Å²) in [7, 11) is 0. The van der Waals surface area contributed by atoms with Gasteiger partial charge in [-0.05, 0) is 22.6 Å². The predicted molar refractivity (Wildman–Crippen MR) is 82.2 cm³/mol. The van der Waals surface area contributed by atoms with Crippen molar-refractivity contribution in [2.24, 2.45) is 0 Å². The van der Waals surface area contributed by atoms with Crippen LogP contribution in [-0.2, 0) is 0 Å². The Bertz CT molecular complexity index is 924. The molecule has 0 radical (unpaired) electrons. The molecule has 2 aromatic carbocycles. The Labute approximate surface area is 133 Å². The molecular weight excluding hydrogens is 318 g/mol. The fourth-order valence-electron chi connectivity index (χ4n) is 2.00. The van der Waals surface area contributed by atoms with E-state index in [0.717, 1.165) is 0 Å². The number of hydrogen-bond donors (Lipinski definition) is 1. The molecular formula is C13H9N7O4. The van der Waals surface area contributed by atoms with E-state index in [1.807, 2.05) is 0 Å². The van der Waals surface area contributed by atoms with Gasteiger partial charge in [-0.2, -0.15) is 4.68 Å². The highest BCUT2D eigenvalue weighted by Crippen LogP contribution is 2.22. The predicted octanol–water partition coefficient (Wildman–Crippen LogP) is 2.22. The molecule has 0 aliphatic rings. The first-order valence-corrected chi connectivity index (χ1v) is 6.59. The van der Waals surface area contributed by atoms with Crippen molar-refractivity contribution in [1.29, 1.82) is 0 Å². The van der Waals surface area contributed by atoms with Gasteiger partial charge in [0.2, 0.25) is 0 Å². The van der Waals surface area contributed by atoms with E-state index >= 15 is 0 Å². The van der Waals surface area contributed by atoms with E-state index in [9.17, 15) is 20.2 Å². The van der Waals surface area contributed by atoms with Gasteiger partial charge in [-0.1, -0.05) is 17.2 Å². The number of tetrazole rings is 1. The maximum absolute atomic E-state index is 10.9. The first kappa shape index (κ1) is 15.0. The smallest absolute Gasteiger partial charge is 0.271 e. The minimum absolute atomic E-state index is 0.0885. The van der Waals surface area contributed by atoms with Crippen LogP contribution in [0.2, 0.25) is 0 Å². The average molecular weight is 327 g/mol. The Balaban J connectivity index is 1.94. The van der Waals surface area contributed by atoms with Crippen molar-refractivity contribution in [1.82, 2.24) is 20.2 Å². The number of aromatic nitrogens is 4. The molecule has 0 unspecified atom stereocenters. The minimum atomic E-state index is -0.526. The monoisotopic (exact) mass is 327 g/mol. The van der Waals surface area contributed by atoms with Crippen LogP contribution in [0.4, 0.5) is 23.0 Å². The van der Waals surface area contributed by atoms with Gasteiger partial charge in [0.05, 0.1) is 15.5 Å². The highest BCUT2D eigenvalue weighted by atomic mass is 16.6. The zero-order chi connectivity index (χ0) is 17.1. The van der Waals surface area contributed by atoms with Crippen LogP contribution in [0.5, 0.6) is 0 Å². The van der Waals surface area contributed by atoms with Gasteiger partial charge in [-0.25, -0.2) is 0 Å². The quantitative estimate of drug-likeness (QED) is 0.555. The molecule has 0 bridgehead atoms. The molecule has 11 nitrogen and oxygen atoms in total. The standard InChI is InChI=1S/C13H9N7O4/c21-19(22)11-5-1-3-9(7-11)14-13-15-16-17-18(13)10-4-2-6-12(8-10)20(23)24/h1-8H,(H,14,15,17). The Kier molecular flexibility index (Phi) is 3.81. The van der Waals surface area contributed by atoms with Crippen molar-refractivity contribution in [3.05, 3.63) is 68.8 Å². The van der Waals surface area contributed by atoms with Gasteiger partial charge in [0, 0.05) is 30.0 Å². The molecule has 0 aliphatic carbocycles. The topological polar surface area (TPSA) is 142 Å². The fraction of sp³-hybridized carbons (Fsp3) is 0. The number of nitro benzene ring substituents is 2. The lowest BCUT2D eigenvalue weighted by molar-refractivity contribution is -0.385. The SMILES string of the molecule is O=[N+]([O-])c1cccc(Nc2nnnn2-c2cccc([N+](=O)[O-])c2)c1. The Morgan fingerprint density at radius 2 is 1.62 bits per heavy atom. The lowest BCUT2D eigenvalue weighted by atomic mass is 10.3. The number of benzene rings is 2. The van der Waals surface area contributed by atoms with Crippen LogP contribution in [-0.4, -0.2) is 30.1 Å². The molecule has 24 heavy (non-hydrogen) atoms. The summed E-state index contributed by atoms with van der Waals surface area (Å²) in [6.07, 6.45) is 0. The highest BCUT2D eigenvalue weighted by molar-refractivity contribution is 5.59. The van der Waals surface area contributed by atoms with Crippen LogP contribution in [0.3, 0.4) is 0 Å². The number of nitrogens with one attached hydrogen (secondary N) is 1. The average Bonchev–Trinajstić information content (AvgIpc) is 3.03. The number of hydrogen-bond acceptors (Lipinski definition) is 8. The normalized spacial score (nSPS) is 10.3. The van der Waals surface area contributed by atoms with Gasteiger partial charge in [0.1, 0.15) is 0 Å². The number of nitro groups is 2. The molecule has 11 heteroatoms. The summed E-state index contributed by atoms with van der Waals surface area (Å²) in [5.74, 6) is 0.163. The molecule has 120 valence electrons. The summed E-state index contributed by atoms with van der Waals surface area (Å²) in [5, 5.41) is 35.6. The maximum atomic E-state index is 10.9. The van der Waals surface area contributed by atoms with Crippen molar-refractivity contribution in [2.75, 3.05) is 5.32 Å². The first-order valence-electron chi connectivity index (χ1n) is 6.59. The minimum Gasteiger partial charge on any atom is -0.322 e. The lowest BCUT2D eigenvalue weighted by Gasteiger charge is -2.06. The molecule has 3 rings (SSSR count). The van der Waals surface area contributed by atoms with Crippen molar-refractivity contribution in [3.8, 4) is 5.69 Å². The Morgan fingerprint density at radius 3 is 2.33 bits per heavy atom. The zero-order valence-electron chi connectivity index (χ0n) is 11.9. The third kappa shape index (κ3) is 2.99. The largest absolute Gasteiger partial charge is 0.322 e. The maximum Gasteiger partial charge on any atom is 0.271 e. The second-order valence-corrected chi connectivity index (χ2v) is 4.62. The summed E-state index contributed by atoms with van der Waals surface area (Å²) in [4.78, 5) is 20.6. The number of rotatable bonds is 5. The number of nitrogens with zero attached hydrogens (tertiary/aromatic N) is 6. The van der Waals surface area contributed by atoms with Crippen LogP contribution in [0.15, 0.2) is 48.5 Å². The molecule has 0 saturated heterocycles. The summed E-state index contributed by atoms with van der Waals surface area (Å²) in [6, 6.07) is 11.6. The summed E-state index contributed by atoms with van der Waals surface area (Å²) in [6.45, 7) is 0.